The first-order valence-electron chi connectivity index (χ1n) is 6.29. The minimum atomic E-state index is -0.873. The maximum atomic E-state index is 11.7. The fraction of sp³-hybridized carbons (Fsp3) is 0.750. The maximum Gasteiger partial charge on any atom is 0.317 e. The third-order valence-electron chi connectivity index (χ3n) is 3.19. The van der Waals surface area contributed by atoms with Crippen LogP contribution in [0, 0.1) is 5.41 Å². The average Bonchev–Trinajstić information content (AvgIpc) is 3.14. The van der Waals surface area contributed by atoms with Crippen LogP contribution < -0.4 is 5.32 Å². The summed E-state index contributed by atoms with van der Waals surface area (Å²) in [6.07, 6.45) is 1.31. The van der Waals surface area contributed by atoms with E-state index in [0.717, 1.165) is 0 Å². The Hall–Kier alpha value is -1.79. The maximum absolute atomic E-state index is 11.7. The van der Waals surface area contributed by atoms with Gasteiger partial charge in [-0.25, -0.2) is 4.79 Å². The van der Waals surface area contributed by atoms with Gasteiger partial charge in [-0.2, -0.15) is 0 Å². The molecule has 0 radical (unpaired) electrons. The molecule has 0 unspecified atom stereocenters. The zero-order chi connectivity index (χ0) is 14.5. The third kappa shape index (κ3) is 4.42. The number of urea groups is 1. The van der Waals surface area contributed by atoms with Gasteiger partial charge >= 0.3 is 18.0 Å². The predicted molar refractivity (Wildman–Crippen MR) is 66.6 cm³/mol. The van der Waals surface area contributed by atoms with Crippen LogP contribution in [0.15, 0.2) is 0 Å². The van der Waals surface area contributed by atoms with Crippen molar-refractivity contribution in [2.75, 3.05) is 26.7 Å². The van der Waals surface area contributed by atoms with Crippen LogP contribution in [0.3, 0.4) is 0 Å². The van der Waals surface area contributed by atoms with Crippen LogP contribution in [0.1, 0.15) is 26.2 Å². The standard InChI is InChI=1S/C12H20N2O5/c1-3-19-9(15)4-7-14(2)11(18)13-8-12(5-6-12)10(16)17/h3-8H2,1-2H3,(H,13,18)(H,16,17). The summed E-state index contributed by atoms with van der Waals surface area (Å²) >= 11 is 0. The smallest absolute Gasteiger partial charge is 0.317 e. The number of hydrogen-bond acceptors (Lipinski definition) is 4. The lowest BCUT2D eigenvalue weighted by Gasteiger charge is -2.19. The van der Waals surface area contributed by atoms with Crippen molar-refractivity contribution < 1.29 is 24.2 Å². The van der Waals surface area contributed by atoms with Crippen molar-refractivity contribution >= 4 is 18.0 Å². The highest BCUT2D eigenvalue weighted by molar-refractivity contribution is 5.80. The predicted octanol–water partition coefficient (Wildman–Crippen LogP) is 0.446. The van der Waals surface area contributed by atoms with Gasteiger partial charge in [0.1, 0.15) is 0 Å². The molecule has 0 aliphatic heterocycles. The van der Waals surface area contributed by atoms with Crippen LogP contribution in [-0.4, -0.2) is 54.7 Å². The van der Waals surface area contributed by atoms with E-state index in [1.807, 2.05) is 0 Å². The normalized spacial score (nSPS) is 15.5. The first-order valence-corrected chi connectivity index (χ1v) is 6.29. The van der Waals surface area contributed by atoms with Crippen LogP contribution in [-0.2, 0) is 14.3 Å². The van der Waals surface area contributed by atoms with Crippen molar-refractivity contribution in [3.63, 3.8) is 0 Å². The summed E-state index contributed by atoms with van der Waals surface area (Å²) in [6.45, 7) is 2.40. The van der Waals surface area contributed by atoms with Crippen LogP contribution in [0.5, 0.6) is 0 Å². The number of carbonyl (C=O) groups is 3. The van der Waals surface area contributed by atoms with Crippen molar-refractivity contribution in [3.8, 4) is 0 Å². The second kappa shape index (κ2) is 6.40. The molecule has 2 amide bonds. The molecule has 0 saturated heterocycles. The molecule has 19 heavy (non-hydrogen) atoms. The summed E-state index contributed by atoms with van der Waals surface area (Å²) in [7, 11) is 1.55. The number of hydrogen-bond donors (Lipinski definition) is 2. The molecule has 108 valence electrons. The molecule has 1 rings (SSSR count). The fourth-order valence-electron chi connectivity index (χ4n) is 1.59. The number of aliphatic carboxylic acids is 1. The van der Waals surface area contributed by atoms with Gasteiger partial charge in [0.2, 0.25) is 0 Å². The van der Waals surface area contributed by atoms with E-state index in [-0.39, 0.29) is 31.5 Å². The zero-order valence-electron chi connectivity index (χ0n) is 11.3. The Labute approximate surface area is 111 Å². The van der Waals surface area contributed by atoms with Crippen molar-refractivity contribution in [2.24, 2.45) is 5.41 Å². The lowest BCUT2D eigenvalue weighted by molar-refractivity contribution is -0.143. The highest BCUT2D eigenvalue weighted by atomic mass is 16.5. The minimum Gasteiger partial charge on any atom is -0.481 e. The molecule has 7 nitrogen and oxygen atoms in total. The van der Waals surface area contributed by atoms with Gasteiger partial charge in [0.25, 0.3) is 0 Å². The van der Waals surface area contributed by atoms with Crippen LogP contribution in [0.25, 0.3) is 0 Å². The number of rotatable bonds is 7. The Bertz CT molecular complexity index is 365. The van der Waals surface area contributed by atoms with Crippen LogP contribution in [0.2, 0.25) is 0 Å². The summed E-state index contributed by atoms with van der Waals surface area (Å²) in [4.78, 5) is 35.1. The Kier molecular flexibility index (Phi) is 5.14. The number of amides is 2. The molecule has 7 heteroatoms. The Morgan fingerprint density at radius 3 is 2.47 bits per heavy atom. The number of carbonyl (C=O) groups excluding carboxylic acids is 2. The molecule has 1 aliphatic carbocycles. The largest absolute Gasteiger partial charge is 0.481 e. The van der Waals surface area contributed by atoms with Gasteiger partial charge in [0.15, 0.2) is 0 Å². The Morgan fingerprint density at radius 1 is 1.37 bits per heavy atom. The van der Waals surface area contributed by atoms with E-state index >= 15 is 0 Å². The minimum absolute atomic E-state index is 0.127. The van der Waals surface area contributed by atoms with Gasteiger partial charge in [-0.05, 0) is 19.8 Å². The third-order valence-corrected chi connectivity index (χ3v) is 3.19. The van der Waals surface area contributed by atoms with Crippen molar-refractivity contribution in [1.82, 2.24) is 10.2 Å². The van der Waals surface area contributed by atoms with Crippen molar-refractivity contribution in [3.05, 3.63) is 0 Å². The summed E-state index contributed by atoms with van der Waals surface area (Å²) in [5, 5.41) is 11.5. The SMILES string of the molecule is CCOC(=O)CCN(C)C(=O)NCC1(C(=O)O)CC1. The summed E-state index contributed by atoms with van der Waals surface area (Å²) in [5.74, 6) is -1.23. The molecule has 0 aromatic rings. The van der Waals surface area contributed by atoms with Gasteiger partial charge in [0, 0.05) is 20.1 Å². The summed E-state index contributed by atoms with van der Waals surface area (Å²) in [6, 6.07) is -0.378. The summed E-state index contributed by atoms with van der Waals surface area (Å²) in [5.41, 5.74) is -0.780. The molecule has 0 atom stereocenters. The molecule has 1 fully saturated rings. The van der Waals surface area contributed by atoms with Gasteiger partial charge in [0.05, 0.1) is 18.4 Å². The van der Waals surface area contributed by atoms with Gasteiger partial charge in [-0.3, -0.25) is 9.59 Å². The first-order chi connectivity index (χ1) is 8.91. The number of carboxylic acids is 1. The van der Waals surface area contributed by atoms with Crippen molar-refractivity contribution in [2.45, 2.75) is 26.2 Å². The van der Waals surface area contributed by atoms with E-state index in [0.29, 0.717) is 19.4 Å². The van der Waals surface area contributed by atoms with E-state index in [2.05, 4.69) is 5.32 Å². The van der Waals surface area contributed by atoms with Crippen molar-refractivity contribution in [1.29, 1.82) is 0 Å². The Morgan fingerprint density at radius 2 is 2.00 bits per heavy atom. The molecular weight excluding hydrogens is 252 g/mol. The lowest BCUT2D eigenvalue weighted by atomic mass is 10.1. The Balaban J connectivity index is 2.25. The first kappa shape index (κ1) is 15.3. The number of nitrogens with one attached hydrogen (secondary N) is 1. The highest BCUT2D eigenvalue weighted by Crippen LogP contribution is 2.45. The van der Waals surface area contributed by atoms with E-state index in [1.165, 1.54) is 4.90 Å². The second-order valence-electron chi connectivity index (χ2n) is 4.72. The van der Waals surface area contributed by atoms with E-state index < -0.39 is 11.4 Å². The van der Waals surface area contributed by atoms with E-state index in [1.54, 1.807) is 14.0 Å². The molecule has 2 N–H and O–H groups in total. The molecule has 0 heterocycles. The van der Waals surface area contributed by atoms with Gasteiger partial charge in [-0.1, -0.05) is 0 Å². The highest BCUT2D eigenvalue weighted by Gasteiger charge is 2.50. The molecule has 1 aliphatic rings. The number of nitrogens with zero attached hydrogens (tertiary/aromatic N) is 1. The van der Waals surface area contributed by atoms with E-state index in [9.17, 15) is 14.4 Å². The van der Waals surface area contributed by atoms with E-state index in [4.69, 9.17) is 9.84 Å². The lowest BCUT2D eigenvalue weighted by Crippen LogP contribution is -2.42. The number of carboxylic acid groups (broad SMARTS) is 1. The topological polar surface area (TPSA) is 95.9 Å². The molecule has 1 saturated carbocycles. The quantitative estimate of drug-likeness (QED) is 0.656. The monoisotopic (exact) mass is 272 g/mol. The molecular formula is C12H20N2O5. The van der Waals surface area contributed by atoms with Gasteiger partial charge in [-0.15, -0.1) is 0 Å². The molecule has 0 aromatic heterocycles. The second-order valence-corrected chi connectivity index (χ2v) is 4.72. The van der Waals surface area contributed by atoms with Gasteiger partial charge < -0.3 is 20.1 Å². The molecule has 0 spiro atoms. The average molecular weight is 272 g/mol. The summed E-state index contributed by atoms with van der Waals surface area (Å²) < 4.78 is 4.75. The number of esters is 1. The van der Waals surface area contributed by atoms with Crippen LogP contribution in [0.4, 0.5) is 4.79 Å². The number of ether oxygens (including phenoxy) is 1. The zero-order valence-corrected chi connectivity index (χ0v) is 11.3. The molecule has 0 aromatic carbocycles. The molecule has 0 bridgehead atoms. The van der Waals surface area contributed by atoms with Crippen LogP contribution >= 0.6 is 0 Å². The fourth-order valence-corrected chi connectivity index (χ4v) is 1.59.